The summed E-state index contributed by atoms with van der Waals surface area (Å²) in [7, 11) is 0. The summed E-state index contributed by atoms with van der Waals surface area (Å²) in [4.78, 5) is 31.9. The Labute approximate surface area is 265 Å². The van der Waals surface area contributed by atoms with Gasteiger partial charge in [-0.2, -0.15) is 5.10 Å². The van der Waals surface area contributed by atoms with Crippen LogP contribution in [0, 0.1) is 5.82 Å². The first-order chi connectivity index (χ1) is 22.5. The van der Waals surface area contributed by atoms with Gasteiger partial charge in [-0.1, -0.05) is 25.5 Å². The van der Waals surface area contributed by atoms with Gasteiger partial charge in [0.25, 0.3) is 0 Å². The van der Waals surface area contributed by atoms with E-state index in [1.807, 2.05) is 36.4 Å². The number of H-pyrrole nitrogens is 2. The van der Waals surface area contributed by atoms with E-state index < -0.39 is 0 Å². The normalized spacial score (nSPS) is 13.5. The molecule has 46 heavy (non-hydrogen) atoms. The van der Waals surface area contributed by atoms with E-state index in [1.54, 1.807) is 18.6 Å². The fourth-order valence-electron chi connectivity index (χ4n) is 5.94. The van der Waals surface area contributed by atoms with Gasteiger partial charge in [0.2, 0.25) is 5.91 Å². The van der Waals surface area contributed by atoms with Crippen molar-refractivity contribution in [3.8, 4) is 39.7 Å². The molecule has 4 aromatic heterocycles. The van der Waals surface area contributed by atoms with Crippen LogP contribution in [0.3, 0.4) is 0 Å². The molecular weight excluding hydrogens is 583 g/mol. The number of aromatic nitrogens is 6. The largest absolute Gasteiger partial charge is 0.492 e. The number of pyridine rings is 2. The van der Waals surface area contributed by atoms with Crippen LogP contribution in [0.4, 0.5) is 10.1 Å². The molecule has 1 aliphatic rings. The van der Waals surface area contributed by atoms with Gasteiger partial charge in [0, 0.05) is 41.7 Å². The van der Waals surface area contributed by atoms with E-state index >= 15 is 0 Å². The molecule has 3 N–H and O–H groups in total. The number of hydrogen-bond donors (Lipinski definition) is 3. The molecule has 234 valence electrons. The predicted molar refractivity (Wildman–Crippen MR) is 177 cm³/mol. The maximum atomic E-state index is 14.8. The molecule has 7 rings (SSSR count). The molecule has 0 atom stereocenters. The van der Waals surface area contributed by atoms with Gasteiger partial charge in [-0.05, 0) is 68.2 Å². The number of amides is 1. The number of para-hydroxylation sites is 1. The molecular formula is C35H35FN8O2. The van der Waals surface area contributed by atoms with Crippen LogP contribution >= 0.6 is 0 Å². The highest BCUT2D eigenvalue weighted by atomic mass is 19.1. The van der Waals surface area contributed by atoms with E-state index in [9.17, 15) is 9.18 Å². The van der Waals surface area contributed by atoms with Crippen LogP contribution < -0.4 is 10.1 Å². The van der Waals surface area contributed by atoms with Crippen molar-refractivity contribution in [2.24, 2.45) is 0 Å². The molecule has 10 nitrogen and oxygen atoms in total. The van der Waals surface area contributed by atoms with E-state index in [0.29, 0.717) is 52.8 Å². The summed E-state index contributed by atoms with van der Waals surface area (Å²) in [6.07, 6.45) is 9.76. The highest BCUT2D eigenvalue weighted by Crippen LogP contribution is 2.34. The Hall–Kier alpha value is -5.16. The molecule has 0 unspecified atom stereocenters. The summed E-state index contributed by atoms with van der Waals surface area (Å²) in [5, 5.41) is 11.4. The molecule has 1 saturated heterocycles. The first-order valence-electron chi connectivity index (χ1n) is 15.8. The SMILES string of the molecule is CCCCC(=O)Nc1cncc(-c2cc3c(-c4nc5c(-c6cc(F)cc(OCCN7CCCC7)c6)cccc5[nH]4)n[nH]c3cn2)c1. The second-order valence-electron chi connectivity index (χ2n) is 11.7. The van der Waals surface area contributed by atoms with Crippen molar-refractivity contribution in [3.63, 3.8) is 0 Å². The lowest BCUT2D eigenvalue weighted by Crippen LogP contribution is -2.25. The lowest BCUT2D eigenvalue weighted by Gasteiger charge is -2.15. The van der Waals surface area contributed by atoms with E-state index in [-0.39, 0.29) is 11.7 Å². The maximum Gasteiger partial charge on any atom is 0.224 e. The lowest BCUT2D eigenvalue weighted by molar-refractivity contribution is -0.116. The molecule has 5 heterocycles. The maximum absolute atomic E-state index is 14.8. The number of aromatic amines is 2. The number of carbonyl (C=O) groups excluding carboxylic acids is 1. The molecule has 0 aliphatic carbocycles. The van der Waals surface area contributed by atoms with Crippen molar-refractivity contribution in [1.82, 2.24) is 35.0 Å². The number of nitrogens with one attached hydrogen (secondary N) is 3. The van der Waals surface area contributed by atoms with Crippen molar-refractivity contribution >= 4 is 33.5 Å². The standard InChI is InChI=1S/C35H35FN8O2/c1-2-3-9-32(45)39-25-15-23(19-37-20-25)30-18-28-31(21-38-30)42-43-34(28)35-40-29-8-6-7-27(33(29)41-35)22-14-24(36)17-26(16-22)46-13-12-44-10-4-5-11-44/h6-8,14-21H,2-5,9-13H2,1H3,(H,39,45)(H,40,41)(H,42,43). The highest BCUT2D eigenvalue weighted by Gasteiger charge is 2.18. The van der Waals surface area contributed by atoms with Gasteiger partial charge in [-0.15, -0.1) is 0 Å². The predicted octanol–water partition coefficient (Wildman–Crippen LogP) is 6.97. The number of rotatable bonds is 11. The minimum atomic E-state index is -0.362. The number of imidazole rings is 1. The fourth-order valence-corrected chi connectivity index (χ4v) is 5.94. The number of nitrogens with zero attached hydrogens (tertiary/aromatic N) is 5. The van der Waals surface area contributed by atoms with E-state index in [0.717, 1.165) is 60.0 Å². The van der Waals surface area contributed by atoms with Crippen LogP contribution in [-0.2, 0) is 4.79 Å². The fraction of sp³-hybridized carbons (Fsp3) is 0.286. The molecule has 0 radical (unpaired) electrons. The summed E-state index contributed by atoms with van der Waals surface area (Å²) in [6.45, 7) is 5.58. The Morgan fingerprint density at radius 2 is 1.93 bits per heavy atom. The third-order valence-corrected chi connectivity index (χ3v) is 8.32. The molecule has 2 aromatic carbocycles. The zero-order valence-corrected chi connectivity index (χ0v) is 25.6. The van der Waals surface area contributed by atoms with Gasteiger partial charge in [0.05, 0.1) is 40.3 Å². The second-order valence-corrected chi connectivity index (χ2v) is 11.7. The number of hydrogen-bond acceptors (Lipinski definition) is 7. The number of benzene rings is 2. The number of anilines is 1. The van der Waals surface area contributed by atoms with E-state index in [2.05, 4.69) is 42.3 Å². The monoisotopic (exact) mass is 618 g/mol. The molecule has 1 amide bonds. The van der Waals surface area contributed by atoms with Gasteiger partial charge in [0.15, 0.2) is 5.82 Å². The molecule has 1 fully saturated rings. The first-order valence-corrected chi connectivity index (χ1v) is 15.8. The first kappa shape index (κ1) is 29.5. The Morgan fingerprint density at radius 3 is 2.80 bits per heavy atom. The number of fused-ring (bicyclic) bond motifs is 2. The number of ether oxygens (including phenoxy) is 1. The van der Waals surface area contributed by atoms with Gasteiger partial charge in [-0.25, -0.2) is 9.37 Å². The minimum absolute atomic E-state index is 0.0369. The smallest absolute Gasteiger partial charge is 0.224 e. The second kappa shape index (κ2) is 13.1. The molecule has 0 bridgehead atoms. The quantitative estimate of drug-likeness (QED) is 0.143. The number of likely N-dealkylation sites (tertiary alicyclic amines) is 1. The third kappa shape index (κ3) is 6.32. The molecule has 0 saturated carbocycles. The average Bonchev–Trinajstić information content (AvgIpc) is 3.83. The van der Waals surface area contributed by atoms with Gasteiger partial charge >= 0.3 is 0 Å². The van der Waals surface area contributed by atoms with Gasteiger partial charge in [-0.3, -0.25) is 24.8 Å². The number of halogens is 1. The van der Waals surface area contributed by atoms with Gasteiger partial charge < -0.3 is 15.0 Å². The molecule has 6 aromatic rings. The van der Waals surface area contributed by atoms with Crippen LogP contribution in [0.5, 0.6) is 5.75 Å². The summed E-state index contributed by atoms with van der Waals surface area (Å²) in [5.74, 6) is 0.669. The summed E-state index contributed by atoms with van der Waals surface area (Å²) in [6, 6.07) is 14.4. The van der Waals surface area contributed by atoms with Crippen LogP contribution in [0.2, 0.25) is 0 Å². The topological polar surface area (TPSA) is 125 Å². The van der Waals surface area contributed by atoms with Crippen LogP contribution in [0.25, 0.3) is 55.8 Å². The van der Waals surface area contributed by atoms with Crippen molar-refractivity contribution < 1.29 is 13.9 Å². The van der Waals surface area contributed by atoms with Gasteiger partial charge in [0.1, 0.15) is 23.9 Å². The zero-order valence-electron chi connectivity index (χ0n) is 25.6. The zero-order chi connectivity index (χ0) is 31.5. The highest BCUT2D eigenvalue weighted by molar-refractivity contribution is 5.98. The number of carbonyl (C=O) groups is 1. The minimum Gasteiger partial charge on any atom is -0.492 e. The lowest BCUT2D eigenvalue weighted by atomic mass is 10.0. The summed E-state index contributed by atoms with van der Waals surface area (Å²) in [5.41, 5.74) is 6.42. The van der Waals surface area contributed by atoms with Crippen molar-refractivity contribution in [2.45, 2.75) is 39.0 Å². The van der Waals surface area contributed by atoms with Crippen molar-refractivity contribution in [2.75, 3.05) is 31.6 Å². The molecule has 0 spiro atoms. The van der Waals surface area contributed by atoms with Crippen LogP contribution in [-0.4, -0.2) is 67.2 Å². The van der Waals surface area contributed by atoms with Crippen molar-refractivity contribution in [1.29, 1.82) is 0 Å². The Morgan fingerprint density at radius 1 is 1.04 bits per heavy atom. The van der Waals surface area contributed by atoms with Crippen LogP contribution in [0.15, 0.2) is 67.1 Å². The molecule has 11 heteroatoms. The molecule has 1 aliphatic heterocycles. The van der Waals surface area contributed by atoms with Crippen molar-refractivity contribution in [3.05, 3.63) is 72.9 Å². The van der Waals surface area contributed by atoms with E-state index in [4.69, 9.17) is 9.72 Å². The third-order valence-electron chi connectivity index (χ3n) is 8.32. The average molecular weight is 619 g/mol. The summed E-state index contributed by atoms with van der Waals surface area (Å²) < 4.78 is 20.8. The number of unbranched alkanes of at least 4 members (excludes halogenated alkanes) is 1. The van der Waals surface area contributed by atoms with E-state index in [1.165, 1.54) is 25.0 Å². The Balaban J connectivity index is 1.17. The summed E-state index contributed by atoms with van der Waals surface area (Å²) >= 11 is 0. The Kier molecular flexibility index (Phi) is 8.39. The van der Waals surface area contributed by atoms with Crippen LogP contribution in [0.1, 0.15) is 39.0 Å². The Bertz CT molecular complexity index is 2010.